The third-order valence-corrected chi connectivity index (χ3v) is 2.33. The lowest BCUT2D eigenvalue weighted by molar-refractivity contribution is 0.415. The Bertz CT molecular complexity index is 440. The molecule has 0 fully saturated rings. The van der Waals surface area contributed by atoms with E-state index < -0.39 is 0 Å². The minimum Gasteiger partial charge on any atom is -0.497 e. The Hall–Kier alpha value is -1.84. The Morgan fingerprint density at radius 2 is 1.87 bits per heavy atom. The SMILES string of the molecule is COc1ccc(-c2nc(C)n(C)n2)cc1. The number of methoxy groups -OCH3 is 1. The molecule has 0 saturated carbocycles. The van der Waals surface area contributed by atoms with Crippen molar-refractivity contribution in [2.75, 3.05) is 7.11 Å². The second-order valence-electron chi connectivity index (χ2n) is 3.33. The average molecular weight is 203 g/mol. The van der Waals surface area contributed by atoms with E-state index in [9.17, 15) is 0 Å². The molecule has 0 N–H and O–H groups in total. The van der Waals surface area contributed by atoms with Gasteiger partial charge in [-0.2, -0.15) is 5.10 Å². The first-order valence-corrected chi connectivity index (χ1v) is 4.73. The van der Waals surface area contributed by atoms with E-state index in [-0.39, 0.29) is 0 Å². The number of aromatic nitrogens is 3. The summed E-state index contributed by atoms with van der Waals surface area (Å²) in [6.45, 7) is 1.93. The second kappa shape index (κ2) is 3.73. The van der Waals surface area contributed by atoms with Crippen molar-refractivity contribution in [3.63, 3.8) is 0 Å². The molecular weight excluding hydrogens is 190 g/mol. The molecule has 0 bridgehead atoms. The van der Waals surface area contributed by atoms with Gasteiger partial charge in [0.2, 0.25) is 0 Å². The van der Waals surface area contributed by atoms with Crippen LogP contribution in [0.25, 0.3) is 11.4 Å². The lowest BCUT2D eigenvalue weighted by Crippen LogP contribution is -1.92. The Balaban J connectivity index is 2.37. The van der Waals surface area contributed by atoms with Crippen LogP contribution < -0.4 is 4.74 Å². The molecule has 4 heteroatoms. The summed E-state index contributed by atoms with van der Waals surface area (Å²) in [4.78, 5) is 4.35. The van der Waals surface area contributed by atoms with Gasteiger partial charge in [0.05, 0.1) is 7.11 Å². The first kappa shape index (κ1) is 9.71. The van der Waals surface area contributed by atoms with Crippen LogP contribution in [-0.4, -0.2) is 21.9 Å². The molecule has 2 rings (SSSR count). The molecule has 0 unspecified atom stereocenters. The standard InChI is InChI=1S/C11H13N3O/c1-8-12-11(13-14(8)2)9-4-6-10(15-3)7-5-9/h4-7H,1-3H3. The monoisotopic (exact) mass is 203 g/mol. The quantitative estimate of drug-likeness (QED) is 0.747. The summed E-state index contributed by atoms with van der Waals surface area (Å²) in [5, 5.41) is 4.30. The van der Waals surface area contributed by atoms with E-state index in [4.69, 9.17) is 4.74 Å². The smallest absolute Gasteiger partial charge is 0.181 e. The van der Waals surface area contributed by atoms with Crippen molar-refractivity contribution < 1.29 is 4.74 Å². The highest BCUT2D eigenvalue weighted by molar-refractivity contribution is 5.55. The molecule has 0 aliphatic rings. The van der Waals surface area contributed by atoms with Crippen LogP contribution in [0.3, 0.4) is 0 Å². The summed E-state index contributed by atoms with van der Waals surface area (Å²) in [5.74, 6) is 2.49. The molecule has 78 valence electrons. The number of ether oxygens (including phenoxy) is 1. The summed E-state index contributed by atoms with van der Waals surface area (Å²) < 4.78 is 6.85. The van der Waals surface area contributed by atoms with Crippen molar-refractivity contribution in [2.45, 2.75) is 6.92 Å². The van der Waals surface area contributed by atoms with Crippen LogP contribution in [-0.2, 0) is 7.05 Å². The molecule has 0 amide bonds. The van der Waals surface area contributed by atoms with Gasteiger partial charge in [-0.15, -0.1) is 0 Å². The number of nitrogens with zero attached hydrogens (tertiary/aromatic N) is 3. The van der Waals surface area contributed by atoms with Gasteiger partial charge < -0.3 is 4.74 Å². The maximum Gasteiger partial charge on any atom is 0.181 e. The second-order valence-corrected chi connectivity index (χ2v) is 3.33. The Labute approximate surface area is 88.5 Å². The van der Waals surface area contributed by atoms with Crippen LogP contribution >= 0.6 is 0 Å². The van der Waals surface area contributed by atoms with Crippen molar-refractivity contribution in [1.82, 2.24) is 14.8 Å². The summed E-state index contributed by atoms with van der Waals surface area (Å²) in [5.41, 5.74) is 1.000. The summed E-state index contributed by atoms with van der Waals surface area (Å²) in [7, 11) is 3.54. The van der Waals surface area contributed by atoms with Crippen molar-refractivity contribution in [1.29, 1.82) is 0 Å². The minimum absolute atomic E-state index is 0.748. The summed E-state index contributed by atoms with van der Waals surface area (Å²) >= 11 is 0. The van der Waals surface area contributed by atoms with Crippen LogP contribution in [0.5, 0.6) is 5.75 Å². The first-order valence-electron chi connectivity index (χ1n) is 4.73. The van der Waals surface area contributed by atoms with Crippen molar-refractivity contribution >= 4 is 0 Å². The van der Waals surface area contributed by atoms with Crippen LogP contribution in [0, 0.1) is 6.92 Å². The van der Waals surface area contributed by atoms with Crippen molar-refractivity contribution in [3.8, 4) is 17.1 Å². The molecule has 1 heterocycles. The lowest BCUT2D eigenvalue weighted by atomic mass is 10.2. The van der Waals surface area contributed by atoms with Gasteiger partial charge >= 0.3 is 0 Å². The first-order chi connectivity index (χ1) is 7.20. The summed E-state index contributed by atoms with van der Waals surface area (Å²) in [6, 6.07) is 7.71. The molecule has 2 aromatic rings. The number of benzene rings is 1. The van der Waals surface area contributed by atoms with Crippen LogP contribution in [0.2, 0.25) is 0 Å². The van der Waals surface area contributed by atoms with Crippen molar-refractivity contribution in [3.05, 3.63) is 30.1 Å². The van der Waals surface area contributed by atoms with Gasteiger partial charge in [-0.25, -0.2) is 4.98 Å². The Morgan fingerprint density at radius 1 is 1.20 bits per heavy atom. The highest BCUT2D eigenvalue weighted by Crippen LogP contribution is 2.19. The van der Waals surface area contributed by atoms with Gasteiger partial charge in [0.15, 0.2) is 5.82 Å². The average Bonchev–Trinajstić information content (AvgIpc) is 2.59. The minimum atomic E-state index is 0.748. The highest BCUT2D eigenvalue weighted by Gasteiger charge is 2.05. The largest absolute Gasteiger partial charge is 0.497 e. The van der Waals surface area contributed by atoms with E-state index >= 15 is 0 Å². The van der Waals surface area contributed by atoms with Gasteiger partial charge in [-0.05, 0) is 31.2 Å². The zero-order valence-electron chi connectivity index (χ0n) is 9.06. The zero-order valence-corrected chi connectivity index (χ0v) is 9.06. The molecule has 0 spiro atoms. The molecular formula is C11H13N3O. The van der Waals surface area contributed by atoms with Gasteiger partial charge in [0, 0.05) is 12.6 Å². The van der Waals surface area contributed by atoms with E-state index in [2.05, 4.69) is 10.1 Å². The number of hydrogen-bond donors (Lipinski definition) is 0. The fourth-order valence-corrected chi connectivity index (χ4v) is 1.32. The fourth-order valence-electron chi connectivity index (χ4n) is 1.32. The Morgan fingerprint density at radius 3 is 2.33 bits per heavy atom. The van der Waals surface area contributed by atoms with Gasteiger partial charge in [0.25, 0.3) is 0 Å². The third-order valence-electron chi connectivity index (χ3n) is 2.33. The number of aryl methyl sites for hydroxylation is 2. The number of hydrogen-bond acceptors (Lipinski definition) is 3. The van der Waals surface area contributed by atoms with Crippen LogP contribution in [0.15, 0.2) is 24.3 Å². The number of rotatable bonds is 2. The van der Waals surface area contributed by atoms with E-state index in [0.717, 1.165) is 23.0 Å². The van der Waals surface area contributed by atoms with E-state index in [1.54, 1.807) is 11.8 Å². The van der Waals surface area contributed by atoms with Gasteiger partial charge in [-0.3, -0.25) is 4.68 Å². The zero-order chi connectivity index (χ0) is 10.8. The molecule has 0 radical (unpaired) electrons. The van der Waals surface area contributed by atoms with E-state index in [1.807, 2.05) is 38.2 Å². The highest BCUT2D eigenvalue weighted by atomic mass is 16.5. The molecule has 15 heavy (non-hydrogen) atoms. The van der Waals surface area contributed by atoms with Gasteiger partial charge in [0.1, 0.15) is 11.6 Å². The molecule has 1 aromatic heterocycles. The van der Waals surface area contributed by atoms with Gasteiger partial charge in [-0.1, -0.05) is 0 Å². The molecule has 1 aromatic carbocycles. The predicted octanol–water partition coefficient (Wildman–Crippen LogP) is 1.80. The molecule has 4 nitrogen and oxygen atoms in total. The fraction of sp³-hybridized carbons (Fsp3) is 0.273. The maximum atomic E-state index is 5.09. The normalized spacial score (nSPS) is 10.3. The Kier molecular flexibility index (Phi) is 2.41. The molecule has 0 saturated heterocycles. The molecule has 0 aliphatic heterocycles. The van der Waals surface area contributed by atoms with E-state index in [0.29, 0.717) is 0 Å². The summed E-state index contributed by atoms with van der Waals surface area (Å²) in [6.07, 6.45) is 0. The van der Waals surface area contributed by atoms with Crippen molar-refractivity contribution in [2.24, 2.45) is 7.05 Å². The maximum absolute atomic E-state index is 5.09. The van der Waals surface area contributed by atoms with E-state index in [1.165, 1.54) is 0 Å². The lowest BCUT2D eigenvalue weighted by Gasteiger charge is -1.99. The molecule has 0 aliphatic carbocycles. The third kappa shape index (κ3) is 1.83. The van der Waals surface area contributed by atoms with Crippen LogP contribution in [0.4, 0.5) is 0 Å². The van der Waals surface area contributed by atoms with Crippen LogP contribution in [0.1, 0.15) is 5.82 Å². The predicted molar refractivity (Wildman–Crippen MR) is 57.7 cm³/mol. The topological polar surface area (TPSA) is 39.9 Å². The molecule has 0 atom stereocenters.